The second-order valence-corrected chi connectivity index (χ2v) is 15.5. The summed E-state index contributed by atoms with van der Waals surface area (Å²) >= 11 is 1.88. The Morgan fingerprint density at radius 1 is 0.368 bits per heavy atom. The van der Waals surface area contributed by atoms with Crippen molar-refractivity contribution < 1.29 is 0 Å². The molecule has 0 bridgehead atoms. The Hall–Kier alpha value is -7.20. The quantitative estimate of drug-likeness (QED) is 0.158. The van der Waals surface area contributed by atoms with E-state index in [1.54, 1.807) is 0 Å². The summed E-state index contributed by atoms with van der Waals surface area (Å²) in [4.78, 5) is 2.45. The van der Waals surface area contributed by atoms with Crippen LogP contribution in [0.4, 0.5) is 17.1 Å². The van der Waals surface area contributed by atoms with Crippen LogP contribution in [0.15, 0.2) is 218 Å². The maximum Gasteiger partial charge on any atom is 0.0562 e. The van der Waals surface area contributed by atoms with Gasteiger partial charge in [0.1, 0.15) is 0 Å². The Kier molecular flexibility index (Phi) is 8.04. The average Bonchev–Trinajstić information content (AvgIpc) is 3.83. The van der Waals surface area contributed by atoms with Crippen molar-refractivity contribution in [3.05, 3.63) is 218 Å². The van der Waals surface area contributed by atoms with E-state index in [2.05, 4.69) is 228 Å². The molecule has 0 aliphatic heterocycles. The highest BCUT2D eigenvalue weighted by Gasteiger charge is 2.22. The molecular weight excluding hydrogens is 709 g/mol. The molecule has 0 aliphatic carbocycles. The number of anilines is 3. The molecule has 0 saturated carbocycles. The third kappa shape index (κ3) is 5.63. The summed E-state index contributed by atoms with van der Waals surface area (Å²) in [6.07, 6.45) is 0. The topological polar surface area (TPSA) is 8.17 Å². The maximum absolute atomic E-state index is 2.45. The molecule has 3 heteroatoms. The van der Waals surface area contributed by atoms with Crippen molar-refractivity contribution in [2.75, 3.05) is 4.90 Å². The molecule has 0 fully saturated rings. The molecule has 0 N–H and O–H groups in total. The molecule has 2 aromatic heterocycles. The first-order valence-corrected chi connectivity index (χ1v) is 20.3. The summed E-state index contributed by atoms with van der Waals surface area (Å²) in [5.41, 5.74) is 14.0. The third-order valence-corrected chi connectivity index (χ3v) is 12.4. The summed E-state index contributed by atoms with van der Waals surface area (Å²) < 4.78 is 5.06. The number of hydrogen-bond donors (Lipinski definition) is 0. The number of rotatable bonds is 7. The minimum atomic E-state index is 1.09. The fraction of sp³-hybridized carbons (Fsp3) is 0. The first-order valence-electron chi connectivity index (χ1n) is 19.4. The first kappa shape index (κ1) is 33.2. The number of nitrogens with zero attached hydrogens (tertiary/aromatic N) is 2. The molecule has 0 unspecified atom stereocenters. The summed E-state index contributed by atoms with van der Waals surface area (Å²) in [5, 5.41) is 5.09. The zero-order valence-electron chi connectivity index (χ0n) is 31.1. The van der Waals surface area contributed by atoms with Crippen molar-refractivity contribution in [1.82, 2.24) is 4.57 Å². The van der Waals surface area contributed by atoms with Crippen LogP contribution in [0.25, 0.3) is 81.0 Å². The van der Waals surface area contributed by atoms with Gasteiger partial charge in [0, 0.05) is 53.6 Å². The Balaban J connectivity index is 1.18. The molecule has 0 saturated heterocycles. The maximum atomic E-state index is 2.45. The second-order valence-electron chi connectivity index (χ2n) is 14.5. The van der Waals surface area contributed by atoms with E-state index in [0.29, 0.717) is 0 Å². The molecule has 11 rings (SSSR count). The number of benzene rings is 9. The van der Waals surface area contributed by atoms with Crippen LogP contribution in [-0.2, 0) is 0 Å². The van der Waals surface area contributed by atoms with Crippen molar-refractivity contribution in [2.24, 2.45) is 0 Å². The predicted molar refractivity (Wildman–Crippen MR) is 245 cm³/mol. The summed E-state index contributed by atoms with van der Waals surface area (Å²) in [6.45, 7) is 0. The average molecular weight is 745 g/mol. The van der Waals surface area contributed by atoms with E-state index >= 15 is 0 Å². The first-order chi connectivity index (χ1) is 28.3. The van der Waals surface area contributed by atoms with E-state index in [-0.39, 0.29) is 0 Å². The van der Waals surface area contributed by atoms with Gasteiger partial charge < -0.3 is 9.47 Å². The lowest BCUT2D eigenvalue weighted by molar-refractivity contribution is 1.18. The van der Waals surface area contributed by atoms with Crippen molar-refractivity contribution in [2.45, 2.75) is 0 Å². The Morgan fingerprint density at radius 2 is 0.965 bits per heavy atom. The predicted octanol–water partition coefficient (Wildman–Crippen LogP) is 15.6. The smallest absolute Gasteiger partial charge is 0.0562 e. The van der Waals surface area contributed by atoms with Gasteiger partial charge in [0.15, 0.2) is 0 Å². The second kappa shape index (κ2) is 13.8. The van der Waals surface area contributed by atoms with E-state index in [9.17, 15) is 0 Å². The standard InChI is InChI=1S/C54H36N2S/c1-4-17-37(18-5-1)43-25-10-12-30-49(43)55(41-24-14-21-39(35-41)45-28-15-29-47-46-26-11-13-32-52(46)57-54(45)47)42-33-34-48-51(36-42)56(40-22-8-3-9-23-40)50-31-16-27-44(53(48)50)38-19-6-2-7-20-38/h1-36H. The lowest BCUT2D eigenvalue weighted by Crippen LogP contribution is -2.11. The van der Waals surface area contributed by atoms with Crippen LogP contribution < -0.4 is 4.90 Å². The summed E-state index contributed by atoms with van der Waals surface area (Å²) in [6, 6.07) is 79.3. The molecule has 2 nitrogen and oxygen atoms in total. The van der Waals surface area contributed by atoms with Crippen molar-refractivity contribution in [3.63, 3.8) is 0 Å². The van der Waals surface area contributed by atoms with Gasteiger partial charge in [-0.1, -0.05) is 164 Å². The van der Waals surface area contributed by atoms with E-state index in [0.717, 1.165) is 28.3 Å². The number of hydrogen-bond acceptors (Lipinski definition) is 2. The molecule has 11 aromatic rings. The minimum absolute atomic E-state index is 1.09. The monoisotopic (exact) mass is 744 g/mol. The number of fused-ring (bicyclic) bond motifs is 6. The number of para-hydroxylation sites is 2. The van der Waals surface area contributed by atoms with Crippen LogP contribution in [0.3, 0.4) is 0 Å². The number of thiophene rings is 1. The van der Waals surface area contributed by atoms with E-state index < -0.39 is 0 Å². The van der Waals surface area contributed by atoms with Crippen LogP contribution in [0.2, 0.25) is 0 Å². The molecule has 2 heterocycles. The van der Waals surface area contributed by atoms with Gasteiger partial charge in [-0.25, -0.2) is 0 Å². The largest absolute Gasteiger partial charge is 0.310 e. The number of aromatic nitrogens is 1. The van der Waals surface area contributed by atoms with Gasteiger partial charge in [-0.15, -0.1) is 11.3 Å². The van der Waals surface area contributed by atoms with Gasteiger partial charge in [-0.05, 0) is 82.4 Å². The van der Waals surface area contributed by atoms with E-state index in [4.69, 9.17) is 0 Å². The molecule has 9 aromatic carbocycles. The third-order valence-electron chi connectivity index (χ3n) is 11.2. The fourth-order valence-corrected chi connectivity index (χ4v) is 9.89. The van der Waals surface area contributed by atoms with E-state index in [1.165, 1.54) is 69.8 Å². The fourth-order valence-electron chi connectivity index (χ4n) is 8.65. The summed E-state index contributed by atoms with van der Waals surface area (Å²) in [7, 11) is 0. The van der Waals surface area contributed by atoms with Crippen LogP contribution in [0, 0.1) is 0 Å². The zero-order valence-corrected chi connectivity index (χ0v) is 31.9. The van der Waals surface area contributed by atoms with Crippen LogP contribution in [0.5, 0.6) is 0 Å². The Morgan fingerprint density at radius 3 is 1.79 bits per heavy atom. The molecule has 0 aliphatic rings. The van der Waals surface area contributed by atoms with Crippen LogP contribution in [0.1, 0.15) is 0 Å². The van der Waals surface area contributed by atoms with E-state index in [1.807, 2.05) is 11.3 Å². The van der Waals surface area contributed by atoms with Crippen LogP contribution in [-0.4, -0.2) is 4.57 Å². The molecule has 0 spiro atoms. The highest BCUT2D eigenvalue weighted by molar-refractivity contribution is 7.26. The van der Waals surface area contributed by atoms with Gasteiger partial charge in [-0.3, -0.25) is 0 Å². The SMILES string of the molecule is c1ccc(-c2ccccc2N(c2cccc(-c3cccc4c3sc3ccccc34)c2)c2ccc3c4c(-c5ccccc5)cccc4n(-c4ccccc4)c3c2)cc1. The summed E-state index contributed by atoms with van der Waals surface area (Å²) in [5.74, 6) is 0. The Labute approximate surface area is 335 Å². The zero-order chi connectivity index (χ0) is 37.7. The molecular formula is C54H36N2S. The van der Waals surface area contributed by atoms with Crippen molar-refractivity contribution >= 4 is 70.4 Å². The molecule has 0 atom stereocenters. The minimum Gasteiger partial charge on any atom is -0.310 e. The van der Waals surface area contributed by atoms with Crippen molar-refractivity contribution in [1.29, 1.82) is 0 Å². The van der Waals surface area contributed by atoms with Crippen molar-refractivity contribution in [3.8, 4) is 39.1 Å². The lowest BCUT2D eigenvalue weighted by atomic mass is 9.98. The van der Waals surface area contributed by atoms with Gasteiger partial charge in [0.05, 0.1) is 16.7 Å². The Bertz CT molecular complexity index is 3230. The normalized spacial score (nSPS) is 11.5. The van der Waals surface area contributed by atoms with Gasteiger partial charge in [0.2, 0.25) is 0 Å². The van der Waals surface area contributed by atoms with Gasteiger partial charge in [0.25, 0.3) is 0 Å². The van der Waals surface area contributed by atoms with Gasteiger partial charge in [-0.2, -0.15) is 0 Å². The van der Waals surface area contributed by atoms with Gasteiger partial charge >= 0.3 is 0 Å². The molecule has 0 amide bonds. The highest BCUT2D eigenvalue weighted by Crippen LogP contribution is 2.46. The highest BCUT2D eigenvalue weighted by atomic mass is 32.1. The molecule has 57 heavy (non-hydrogen) atoms. The molecule has 0 radical (unpaired) electrons. The molecule has 268 valence electrons. The lowest BCUT2D eigenvalue weighted by Gasteiger charge is -2.28. The van der Waals surface area contributed by atoms with Crippen LogP contribution >= 0.6 is 11.3 Å².